The molecule has 0 aromatic heterocycles. The van der Waals surface area contributed by atoms with Crippen molar-refractivity contribution >= 4 is 17.6 Å². The number of carbonyl (C=O) groups excluding carboxylic acids is 2. The van der Waals surface area contributed by atoms with E-state index in [1.54, 1.807) is 30.3 Å². The van der Waals surface area contributed by atoms with Crippen molar-refractivity contribution in [3.8, 4) is 0 Å². The zero-order valence-corrected chi connectivity index (χ0v) is 10.8. The van der Waals surface area contributed by atoms with Gasteiger partial charge in [-0.3, -0.25) is 4.79 Å². The molecular formula is C10H10NNaO3. The number of benzene rings is 1. The minimum atomic E-state index is -1.27. The number of carboxylic acid groups (broad SMARTS) is 1. The first-order valence-corrected chi connectivity index (χ1v) is 4.14. The van der Waals surface area contributed by atoms with Crippen molar-refractivity contribution in [1.29, 1.82) is 0 Å². The van der Waals surface area contributed by atoms with Gasteiger partial charge in [-0.25, -0.2) is 0 Å². The van der Waals surface area contributed by atoms with Crippen LogP contribution >= 0.6 is 0 Å². The minimum absolute atomic E-state index is 0. The Morgan fingerprint density at radius 2 is 1.80 bits per heavy atom. The average molecular weight is 215 g/mol. The molecule has 15 heavy (non-hydrogen) atoms. The number of hydrogen-bond acceptors (Lipinski definition) is 3. The molecule has 1 aromatic rings. The summed E-state index contributed by atoms with van der Waals surface area (Å²) < 4.78 is 0. The van der Waals surface area contributed by atoms with Gasteiger partial charge in [-0.2, -0.15) is 0 Å². The third-order valence-corrected chi connectivity index (χ3v) is 1.74. The van der Waals surface area contributed by atoms with E-state index in [2.05, 4.69) is 0 Å². The molecule has 0 bridgehead atoms. The number of anilines is 1. The summed E-state index contributed by atoms with van der Waals surface area (Å²) in [6.45, 7) is 0.898. The first-order chi connectivity index (χ1) is 6.61. The van der Waals surface area contributed by atoms with E-state index in [1.165, 1.54) is 6.92 Å². The summed E-state index contributed by atoms with van der Waals surface area (Å²) in [5.74, 6) is -1.59. The van der Waals surface area contributed by atoms with E-state index in [1.807, 2.05) is 0 Å². The fourth-order valence-corrected chi connectivity index (χ4v) is 1.12. The molecule has 0 N–H and O–H groups in total. The predicted molar refractivity (Wildman–Crippen MR) is 49.5 cm³/mol. The van der Waals surface area contributed by atoms with Gasteiger partial charge in [-0.05, 0) is 12.1 Å². The predicted octanol–water partition coefficient (Wildman–Crippen LogP) is -3.21. The van der Waals surface area contributed by atoms with E-state index in [0.29, 0.717) is 5.69 Å². The Morgan fingerprint density at radius 1 is 1.27 bits per heavy atom. The van der Waals surface area contributed by atoms with Gasteiger partial charge in [0.1, 0.15) is 0 Å². The van der Waals surface area contributed by atoms with E-state index in [0.717, 1.165) is 4.90 Å². The third kappa shape index (κ3) is 4.46. The Hall–Kier alpha value is -0.840. The number of para-hydroxylation sites is 1. The maximum Gasteiger partial charge on any atom is 1.00 e. The van der Waals surface area contributed by atoms with Crippen LogP contribution in [0.3, 0.4) is 0 Å². The van der Waals surface area contributed by atoms with Gasteiger partial charge in [0.15, 0.2) is 0 Å². The molecule has 4 nitrogen and oxygen atoms in total. The van der Waals surface area contributed by atoms with Gasteiger partial charge >= 0.3 is 29.6 Å². The van der Waals surface area contributed by atoms with Crippen molar-refractivity contribution in [3.05, 3.63) is 30.3 Å². The van der Waals surface area contributed by atoms with E-state index in [9.17, 15) is 14.7 Å². The van der Waals surface area contributed by atoms with Gasteiger partial charge in [-0.1, -0.05) is 18.2 Å². The van der Waals surface area contributed by atoms with Crippen molar-refractivity contribution in [2.75, 3.05) is 11.4 Å². The van der Waals surface area contributed by atoms with E-state index in [-0.39, 0.29) is 35.5 Å². The largest absolute Gasteiger partial charge is 1.00 e. The molecule has 0 saturated heterocycles. The Morgan fingerprint density at radius 3 is 2.20 bits per heavy atom. The first kappa shape index (κ1) is 14.2. The fraction of sp³-hybridized carbons (Fsp3) is 0.200. The number of carboxylic acids is 1. The fourth-order valence-electron chi connectivity index (χ4n) is 1.12. The molecular weight excluding hydrogens is 205 g/mol. The molecule has 0 fully saturated rings. The van der Waals surface area contributed by atoms with Crippen LogP contribution in [0.2, 0.25) is 0 Å². The molecule has 5 heteroatoms. The van der Waals surface area contributed by atoms with Crippen LogP contribution in [-0.2, 0) is 9.59 Å². The van der Waals surface area contributed by atoms with Gasteiger partial charge < -0.3 is 14.8 Å². The summed E-state index contributed by atoms with van der Waals surface area (Å²) in [5, 5.41) is 10.4. The van der Waals surface area contributed by atoms with Gasteiger partial charge in [0.2, 0.25) is 5.91 Å². The summed E-state index contributed by atoms with van der Waals surface area (Å²) in [5.41, 5.74) is 0.559. The standard InChI is InChI=1S/C10H11NO3.Na/c1-8(12)11(7-10(13)14)9-5-3-2-4-6-9;/h2-6H,7H2,1H3,(H,13,14);/q;+1/p-1. The molecule has 0 aliphatic heterocycles. The average Bonchev–Trinajstić information content (AvgIpc) is 2.15. The summed E-state index contributed by atoms with van der Waals surface area (Å²) in [6.07, 6.45) is 0. The first-order valence-electron chi connectivity index (χ1n) is 4.14. The number of rotatable bonds is 3. The van der Waals surface area contributed by atoms with Crippen LogP contribution in [-0.4, -0.2) is 18.4 Å². The summed E-state index contributed by atoms with van der Waals surface area (Å²) >= 11 is 0. The van der Waals surface area contributed by atoms with Gasteiger partial charge in [0.25, 0.3) is 0 Å². The second-order valence-corrected chi connectivity index (χ2v) is 2.81. The van der Waals surface area contributed by atoms with Gasteiger partial charge in [0, 0.05) is 12.6 Å². The molecule has 0 saturated carbocycles. The number of aliphatic carboxylic acids is 1. The van der Waals surface area contributed by atoms with Crippen LogP contribution in [0, 0.1) is 0 Å². The van der Waals surface area contributed by atoms with E-state index >= 15 is 0 Å². The molecule has 0 spiro atoms. The Balaban J connectivity index is 0.00000196. The van der Waals surface area contributed by atoms with Crippen molar-refractivity contribution in [1.82, 2.24) is 0 Å². The number of nitrogens with zero attached hydrogens (tertiary/aromatic N) is 1. The van der Waals surface area contributed by atoms with Crippen molar-refractivity contribution in [2.45, 2.75) is 6.92 Å². The van der Waals surface area contributed by atoms with Crippen LogP contribution in [0.1, 0.15) is 6.92 Å². The molecule has 0 heterocycles. The topological polar surface area (TPSA) is 60.4 Å². The molecule has 1 amide bonds. The number of carbonyl (C=O) groups is 2. The Kier molecular flexibility index (Phi) is 6.24. The molecule has 74 valence electrons. The van der Waals surface area contributed by atoms with E-state index in [4.69, 9.17) is 0 Å². The molecule has 0 aliphatic carbocycles. The van der Waals surface area contributed by atoms with Crippen LogP contribution in [0.5, 0.6) is 0 Å². The molecule has 1 rings (SSSR count). The van der Waals surface area contributed by atoms with Crippen LogP contribution in [0.15, 0.2) is 30.3 Å². The van der Waals surface area contributed by atoms with Crippen molar-refractivity contribution in [3.63, 3.8) is 0 Å². The number of amides is 1. The molecule has 1 aromatic carbocycles. The summed E-state index contributed by atoms with van der Waals surface area (Å²) in [7, 11) is 0. The maximum atomic E-state index is 11.1. The molecule has 0 atom stereocenters. The second kappa shape index (κ2) is 6.61. The zero-order chi connectivity index (χ0) is 10.6. The molecule has 0 unspecified atom stereocenters. The van der Waals surface area contributed by atoms with Crippen LogP contribution < -0.4 is 39.6 Å². The van der Waals surface area contributed by atoms with Crippen LogP contribution in [0.25, 0.3) is 0 Å². The monoisotopic (exact) mass is 215 g/mol. The normalized spacial score (nSPS) is 8.87. The Labute approximate surface area is 110 Å². The molecule has 0 aliphatic rings. The van der Waals surface area contributed by atoms with Gasteiger partial charge in [-0.15, -0.1) is 0 Å². The van der Waals surface area contributed by atoms with Gasteiger partial charge in [0.05, 0.1) is 12.5 Å². The van der Waals surface area contributed by atoms with Crippen molar-refractivity contribution in [2.24, 2.45) is 0 Å². The second-order valence-electron chi connectivity index (χ2n) is 2.81. The smallest absolute Gasteiger partial charge is 0.548 e. The molecule has 0 radical (unpaired) electrons. The SMILES string of the molecule is CC(=O)N(CC(=O)[O-])c1ccccc1.[Na+]. The maximum absolute atomic E-state index is 11.1. The minimum Gasteiger partial charge on any atom is -0.548 e. The number of hydrogen-bond donors (Lipinski definition) is 0. The Bertz CT molecular complexity index is 340. The van der Waals surface area contributed by atoms with Crippen LogP contribution in [0.4, 0.5) is 5.69 Å². The summed E-state index contributed by atoms with van der Waals surface area (Å²) in [4.78, 5) is 22.6. The zero-order valence-electron chi connectivity index (χ0n) is 8.77. The van der Waals surface area contributed by atoms with Crippen molar-refractivity contribution < 1.29 is 44.3 Å². The third-order valence-electron chi connectivity index (χ3n) is 1.74. The summed E-state index contributed by atoms with van der Waals surface area (Å²) in [6, 6.07) is 8.61. The van der Waals surface area contributed by atoms with E-state index < -0.39 is 12.5 Å². The quantitative estimate of drug-likeness (QED) is 0.499.